The maximum Gasteiger partial charge on any atom is 0.141 e. The highest BCUT2D eigenvalue weighted by Crippen LogP contribution is 2.44. The van der Waals surface area contributed by atoms with E-state index in [9.17, 15) is 0 Å². The first-order chi connectivity index (χ1) is 9.69. The van der Waals surface area contributed by atoms with Gasteiger partial charge >= 0.3 is 0 Å². The van der Waals surface area contributed by atoms with E-state index in [4.69, 9.17) is 11.1 Å². The number of piperidine rings is 1. The fraction of sp³-hybridized carbons (Fsp3) is 0.625. The third-order valence-corrected chi connectivity index (χ3v) is 5.07. The lowest BCUT2D eigenvalue weighted by molar-refractivity contribution is 0.144. The Kier molecular flexibility index (Phi) is 3.64. The van der Waals surface area contributed by atoms with Crippen molar-refractivity contribution >= 4 is 11.7 Å². The van der Waals surface area contributed by atoms with E-state index in [1.165, 1.54) is 44.9 Å². The molecule has 2 fully saturated rings. The van der Waals surface area contributed by atoms with Gasteiger partial charge in [0.05, 0.1) is 0 Å². The highest BCUT2D eigenvalue weighted by Gasteiger charge is 2.35. The second-order valence-corrected chi connectivity index (χ2v) is 6.34. The quantitative estimate of drug-likeness (QED) is 0.642. The Hall–Kier alpha value is -1.58. The molecule has 0 bridgehead atoms. The van der Waals surface area contributed by atoms with Crippen LogP contribution in [0.3, 0.4) is 0 Å². The highest BCUT2D eigenvalue weighted by molar-refractivity contribution is 5.93. The van der Waals surface area contributed by atoms with Crippen LogP contribution in [0.4, 0.5) is 5.82 Å². The molecule has 2 heterocycles. The van der Waals surface area contributed by atoms with Crippen LogP contribution in [-0.4, -0.2) is 23.9 Å². The average Bonchev–Trinajstić information content (AvgIpc) is 2.49. The number of anilines is 1. The van der Waals surface area contributed by atoms with E-state index in [2.05, 4.69) is 9.88 Å². The molecule has 1 aromatic heterocycles. The van der Waals surface area contributed by atoms with Crippen LogP contribution in [0, 0.1) is 10.8 Å². The Morgan fingerprint density at radius 2 is 1.80 bits per heavy atom. The summed E-state index contributed by atoms with van der Waals surface area (Å²) in [4.78, 5) is 6.86. The van der Waals surface area contributed by atoms with Crippen LogP contribution < -0.4 is 10.6 Å². The minimum atomic E-state index is 0.0487. The van der Waals surface area contributed by atoms with Crippen LogP contribution in [0.1, 0.15) is 50.6 Å². The van der Waals surface area contributed by atoms with Gasteiger partial charge < -0.3 is 10.6 Å². The molecule has 0 aromatic carbocycles. The molecule has 20 heavy (non-hydrogen) atoms. The smallest absolute Gasteiger partial charge is 0.141 e. The van der Waals surface area contributed by atoms with Crippen LogP contribution in [0.15, 0.2) is 18.2 Å². The van der Waals surface area contributed by atoms with Gasteiger partial charge in [-0.05, 0) is 43.2 Å². The zero-order valence-corrected chi connectivity index (χ0v) is 12.1. The number of hydrogen-bond acceptors (Lipinski definition) is 3. The molecule has 1 aliphatic heterocycles. The van der Waals surface area contributed by atoms with Crippen LogP contribution in [0.5, 0.6) is 0 Å². The Bertz CT molecular complexity index is 481. The van der Waals surface area contributed by atoms with E-state index in [-0.39, 0.29) is 5.84 Å². The van der Waals surface area contributed by atoms with E-state index < -0.39 is 0 Å². The summed E-state index contributed by atoms with van der Waals surface area (Å²) in [5.41, 5.74) is 6.73. The van der Waals surface area contributed by atoms with E-state index >= 15 is 0 Å². The first kappa shape index (κ1) is 13.4. The molecule has 1 aliphatic carbocycles. The van der Waals surface area contributed by atoms with Crippen molar-refractivity contribution in [3.05, 3.63) is 23.9 Å². The number of nitrogens with one attached hydrogen (secondary N) is 1. The number of nitrogens with zero attached hydrogens (tertiary/aromatic N) is 2. The maximum atomic E-state index is 7.50. The molecule has 0 amide bonds. The Labute approximate surface area is 120 Å². The van der Waals surface area contributed by atoms with Crippen molar-refractivity contribution < 1.29 is 0 Å². The summed E-state index contributed by atoms with van der Waals surface area (Å²) in [6.07, 6.45) is 9.67. The molecule has 1 aromatic rings. The Morgan fingerprint density at radius 1 is 1.10 bits per heavy atom. The molecule has 0 atom stereocenters. The lowest BCUT2D eigenvalue weighted by Crippen LogP contribution is -2.41. The number of hydrogen-bond donors (Lipinski definition) is 2. The summed E-state index contributed by atoms with van der Waals surface area (Å²) in [5.74, 6) is 1.02. The lowest BCUT2D eigenvalue weighted by atomic mass is 9.68. The molecular weight excluding hydrogens is 248 g/mol. The standard InChI is InChI=1S/C16H24N4/c17-15(18)13-5-4-6-14(19-13)20-11-9-16(10-12-20)7-2-1-3-8-16/h4-6H,1-3,7-12H2,(H3,17,18). The number of aromatic nitrogens is 1. The first-order valence-corrected chi connectivity index (χ1v) is 7.75. The fourth-order valence-electron chi connectivity index (χ4n) is 3.76. The molecule has 108 valence electrons. The van der Waals surface area contributed by atoms with Gasteiger partial charge in [-0.2, -0.15) is 0 Å². The second kappa shape index (κ2) is 5.43. The molecule has 2 aliphatic rings. The number of nitrogen functional groups attached to an aromatic ring is 1. The van der Waals surface area contributed by atoms with Crippen molar-refractivity contribution in [3.63, 3.8) is 0 Å². The molecule has 1 saturated carbocycles. The van der Waals surface area contributed by atoms with Gasteiger partial charge in [0, 0.05) is 13.1 Å². The van der Waals surface area contributed by atoms with Gasteiger partial charge in [0.2, 0.25) is 0 Å². The third-order valence-electron chi connectivity index (χ3n) is 5.07. The van der Waals surface area contributed by atoms with Crippen molar-refractivity contribution in [2.24, 2.45) is 11.1 Å². The van der Waals surface area contributed by atoms with Crippen LogP contribution in [0.25, 0.3) is 0 Å². The molecule has 4 nitrogen and oxygen atoms in total. The van der Waals surface area contributed by atoms with E-state index in [1.54, 1.807) is 6.07 Å². The fourth-order valence-corrected chi connectivity index (χ4v) is 3.76. The SMILES string of the molecule is N=C(N)c1cccc(N2CCC3(CCCCC3)CC2)n1. The second-order valence-electron chi connectivity index (χ2n) is 6.34. The largest absolute Gasteiger partial charge is 0.382 e. The summed E-state index contributed by atoms with van der Waals surface area (Å²) >= 11 is 0. The van der Waals surface area contributed by atoms with Gasteiger partial charge in [0.15, 0.2) is 0 Å². The Morgan fingerprint density at radius 3 is 2.45 bits per heavy atom. The molecule has 1 spiro atoms. The van der Waals surface area contributed by atoms with Gasteiger partial charge in [0.1, 0.15) is 17.3 Å². The van der Waals surface area contributed by atoms with E-state index in [0.717, 1.165) is 18.9 Å². The maximum absolute atomic E-state index is 7.50. The minimum Gasteiger partial charge on any atom is -0.382 e. The predicted octanol–water partition coefficient (Wildman–Crippen LogP) is 2.92. The lowest BCUT2D eigenvalue weighted by Gasteiger charge is -2.44. The van der Waals surface area contributed by atoms with Crippen molar-refractivity contribution in [2.45, 2.75) is 44.9 Å². The summed E-state index contributed by atoms with van der Waals surface area (Å²) < 4.78 is 0. The third kappa shape index (κ3) is 2.65. The van der Waals surface area contributed by atoms with E-state index in [1.807, 2.05) is 12.1 Å². The molecule has 3 N–H and O–H groups in total. The summed E-state index contributed by atoms with van der Waals surface area (Å²) in [6.45, 7) is 2.18. The van der Waals surface area contributed by atoms with Crippen molar-refractivity contribution in [1.82, 2.24) is 4.98 Å². The minimum absolute atomic E-state index is 0.0487. The summed E-state index contributed by atoms with van der Waals surface area (Å²) in [6, 6.07) is 5.79. The predicted molar refractivity (Wildman–Crippen MR) is 82.2 cm³/mol. The topological polar surface area (TPSA) is 66.0 Å². The molecule has 4 heteroatoms. The van der Waals surface area contributed by atoms with Gasteiger partial charge in [0.25, 0.3) is 0 Å². The monoisotopic (exact) mass is 272 g/mol. The normalized spacial score (nSPS) is 21.9. The zero-order chi connectivity index (χ0) is 14.0. The van der Waals surface area contributed by atoms with Crippen LogP contribution >= 0.6 is 0 Å². The molecule has 1 saturated heterocycles. The summed E-state index contributed by atoms with van der Waals surface area (Å²) in [5, 5.41) is 7.50. The average molecular weight is 272 g/mol. The first-order valence-electron chi connectivity index (χ1n) is 7.75. The van der Waals surface area contributed by atoms with Crippen molar-refractivity contribution in [3.8, 4) is 0 Å². The number of nitrogens with two attached hydrogens (primary N) is 1. The van der Waals surface area contributed by atoms with Crippen LogP contribution in [0.2, 0.25) is 0 Å². The van der Waals surface area contributed by atoms with Gasteiger partial charge in [-0.25, -0.2) is 4.98 Å². The molecule has 3 rings (SSSR count). The van der Waals surface area contributed by atoms with Gasteiger partial charge in [-0.1, -0.05) is 25.3 Å². The molecule has 0 radical (unpaired) electrons. The van der Waals surface area contributed by atoms with Crippen LogP contribution in [-0.2, 0) is 0 Å². The molecule has 0 unspecified atom stereocenters. The highest BCUT2D eigenvalue weighted by atomic mass is 15.2. The number of amidine groups is 1. The van der Waals surface area contributed by atoms with E-state index in [0.29, 0.717) is 11.1 Å². The van der Waals surface area contributed by atoms with Gasteiger partial charge in [-0.3, -0.25) is 5.41 Å². The van der Waals surface area contributed by atoms with Crippen molar-refractivity contribution in [1.29, 1.82) is 5.41 Å². The zero-order valence-electron chi connectivity index (χ0n) is 12.1. The molecular formula is C16H24N4. The van der Waals surface area contributed by atoms with Gasteiger partial charge in [-0.15, -0.1) is 0 Å². The number of rotatable bonds is 2. The van der Waals surface area contributed by atoms with Crippen molar-refractivity contribution in [2.75, 3.05) is 18.0 Å². The number of pyridine rings is 1. The summed E-state index contributed by atoms with van der Waals surface area (Å²) in [7, 11) is 0. The Balaban J connectivity index is 1.68.